The minimum absolute atomic E-state index is 0.144. The van der Waals surface area contributed by atoms with E-state index in [1.54, 1.807) is 18.2 Å². The number of benzene rings is 3. The number of fused-ring (bicyclic) bond motifs is 3. The second kappa shape index (κ2) is 7.84. The Bertz CT molecular complexity index is 1140. The maximum Gasteiger partial charge on any atom is 0.258 e. The second-order valence-corrected chi connectivity index (χ2v) is 6.24. The smallest absolute Gasteiger partial charge is 0.258 e. The molecule has 1 aromatic heterocycles. The van der Waals surface area contributed by atoms with Crippen LogP contribution in [0.2, 0.25) is 0 Å². The summed E-state index contributed by atoms with van der Waals surface area (Å²) in [6.07, 6.45) is 0. The zero-order chi connectivity index (χ0) is 19.3. The van der Waals surface area contributed by atoms with Crippen molar-refractivity contribution in [2.45, 2.75) is 0 Å². The standard InChI is InChI=1S/C22H18N2O4/c25-21(13-23-22(26)14-27-16-6-2-1-3-7-16)24-15-10-11-18-17-8-4-5-9-19(17)28-20(18)12-15/h1-12H,13-14H2,(H,23,26)(H,24,25). The first kappa shape index (κ1) is 17.6. The molecular formula is C22H18N2O4. The van der Waals surface area contributed by atoms with Crippen molar-refractivity contribution in [3.05, 3.63) is 72.8 Å². The number of anilines is 1. The summed E-state index contributed by atoms with van der Waals surface area (Å²) >= 11 is 0. The summed E-state index contributed by atoms with van der Waals surface area (Å²) in [6.45, 7) is -0.294. The van der Waals surface area contributed by atoms with Gasteiger partial charge in [-0.1, -0.05) is 36.4 Å². The monoisotopic (exact) mass is 374 g/mol. The van der Waals surface area contributed by atoms with Crippen molar-refractivity contribution >= 4 is 39.4 Å². The van der Waals surface area contributed by atoms with Gasteiger partial charge in [0.15, 0.2) is 6.61 Å². The highest BCUT2D eigenvalue weighted by molar-refractivity contribution is 6.06. The van der Waals surface area contributed by atoms with Gasteiger partial charge in [0.25, 0.3) is 5.91 Å². The molecule has 4 aromatic rings. The van der Waals surface area contributed by atoms with E-state index >= 15 is 0 Å². The molecule has 2 amide bonds. The van der Waals surface area contributed by atoms with E-state index in [1.165, 1.54) is 0 Å². The Kier molecular flexibility index (Phi) is 4.93. The first-order chi connectivity index (χ1) is 13.7. The average Bonchev–Trinajstić information content (AvgIpc) is 3.09. The predicted molar refractivity (Wildman–Crippen MR) is 107 cm³/mol. The summed E-state index contributed by atoms with van der Waals surface area (Å²) in [5, 5.41) is 7.30. The van der Waals surface area contributed by atoms with Gasteiger partial charge in [-0.15, -0.1) is 0 Å². The molecule has 4 rings (SSSR count). The van der Waals surface area contributed by atoms with Gasteiger partial charge >= 0.3 is 0 Å². The highest BCUT2D eigenvalue weighted by Gasteiger charge is 2.10. The van der Waals surface area contributed by atoms with E-state index < -0.39 is 0 Å². The lowest BCUT2D eigenvalue weighted by atomic mass is 10.1. The van der Waals surface area contributed by atoms with Crippen molar-refractivity contribution in [1.82, 2.24) is 5.32 Å². The fourth-order valence-electron chi connectivity index (χ4n) is 2.90. The number of furan rings is 1. The Morgan fingerprint density at radius 2 is 1.57 bits per heavy atom. The van der Waals surface area contributed by atoms with E-state index in [9.17, 15) is 9.59 Å². The molecule has 2 N–H and O–H groups in total. The molecule has 0 saturated carbocycles. The van der Waals surface area contributed by atoms with Crippen molar-refractivity contribution in [2.75, 3.05) is 18.5 Å². The van der Waals surface area contributed by atoms with Gasteiger partial charge in [0.05, 0.1) is 6.54 Å². The number of ether oxygens (including phenoxy) is 1. The normalized spacial score (nSPS) is 10.7. The average molecular weight is 374 g/mol. The van der Waals surface area contributed by atoms with E-state index in [2.05, 4.69) is 10.6 Å². The van der Waals surface area contributed by atoms with Gasteiger partial charge in [-0.2, -0.15) is 0 Å². The lowest BCUT2D eigenvalue weighted by Crippen LogP contribution is -2.35. The van der Waals surface area contributed by atoms with Crippen LogP contribution in [0, 0.1) is 0 Å². The molecule has 0 unspecified atom stereocenters. The van der Waals surface area contributed by atoms with Gasteiger partial charge in [0.1, 0.15) is 16.9 Å². The Morgan fingerprint density at radius 1 is 0.821 bits per heavy atom. The van der Waals surface area contributed by atoms with Crippen LogP contribution in [0.15, 0.2) is 77.2 Å². The maximum atomic E-state index is 12.1. The summed E-state index contributed by atoms with van der Waals surface area (Å²) in [6, 6.07) is 22.3. The molecule has 0 atom stereocenters. The number of carbonyl (C=O) groups is 2. The van der Waals surface area contributed by atoms with Gasteiger partial charge in [-0.3, -0.25) is 9.59 Å². The van der Waals surface area contributed by atoms with Crippen LogP contribution >= 0.6 is 0 Å². The molecule has 1 heterocycles. The summed E-state index contributed by atoms with van der Waals surface area (Å²) in [7, 11) is 0. The minimum atomic E-state index is -0.369. The molecule has 3 aromatic carbocycles. The molecule has 0 radical (unpaired) electrons. The third kappa shape index (κ3) is 3.96. The molecular weight excluding hydrogens is 356 g/mol. The Labute approximate surface area is 161 Å². The Hall–Kier alpha value is -3.80. The van der Waals surface area contributed by atoms with E-state index in [0.29, 0.717) is 17.0 Å². The molecule has 0 aliphatic heterocycles. The molecule has 0 fully saturated rings. The zero-order valence-corrected chi connectivity index (χ0v) is 15.0. The van der Waals surface area contributed by atoms with Gasteiger partial charge in [-0.05, 0) is 30.3 Å². The number of amides is 2. The Balaban J connectivity index is 1.32. The van der Waals surface area contributed by atoms with Gasteiger partial charge < -0.3 is 19.8 Å². The highest BCUT2D eigenvalue weighted by Crippen LogP contribution is 2.30. The van der Waals surface area contributed by atoms with Crippen LogP contribution in [0.4, 0.5) is 5.69 Å². The highest BCUT2D eigenvalue weighted by atomic mass is 16.5. The number of hydrogen-bond donors (Lipinski definition) is 2. The fourth-order valence-corrected chi connectivity index (χ4v) is 2.90. The number of nitrogens with one attached hydrogen (secondary N) is 2. The topological polar surface area (TPSA) is 80.6 Å². The molecule has 0 aliphatic rings. The SMILES string of the molecule is O=C(COc1ccccc1)NCC(=O)Nc1ccc2c(c1)oc1ccccc12. The summed E-state index contributed by atoms with van der Waals surface area (Å²) < 4.78 is 11.1. The van der Waals surface area contributed by atoms with Gasteiger partial charge in [-0.25, -0.2) is 0 Å². The quantitative estimate of drug-likeness (QED) is 0.539. The van der Waals surface area contributed by atoms with Crippen molar-refractivity contribution in [3.63, 3.8) is 0 Å². The predicted octanol–water partition coefficient (Wildman–Crippen LogP) is 3.72. The number of rotatable bonds is 6. The van der Waals surface area contributed by atoms with Crippen LogP contribution in [-0.4, -0.2) is 25.0 Å². The molecule has 140 valence electrons. The Morgan fingerprint density at radius 3 is 2.43 bits per heavy atom. The summed E-state index contributed by atoms with van der Waals surface area (Å²) in [5.41, 5.74) is 2.09. The molecule has 6 heteroatoms. The maximum absolute atomic E-state index is 12.1. The largest absolute Gasteiger partial charge is 0.484 e. The van der Waals surface area contributed by atoms with E-state index in [4.69, 9.17) is 9.15 Å². The van der Waals surface area contributed by atoms with Crippen LogP contribution in [0.3, 0.4) is 0 Å². The van der Waals surface area contributed by atoms with Crippen molar-refractivity contribution in [2.24, 2.45) is 0 Å². The molecule has 0 aliphatic carbocycles. The van der Waals surface area contributed by atoms with Crippen LogP contribution in [0.5, 0.6) is 5.75 Å². The van der Waals surface area contributed by atoms with Crippen LogP contribution in [0.25, 0.3) is 21.9 Å². The minimum Gasteiger partial charge on any atom is -0.484 e. The lowest BCUT2D eigenvalue weighted by Gasteiger charge is -2.08. The van der Waals surface area contributed by atoms with E-state index in [0.717, 1.165) is 16.4 Å². The first-order valence-electron chi connectivity index (χ1n) is 8.85. The molecule has 0 bridgehead atoms. The summed E-state index contributed by atoms with van der Waals surface area (Å²) in [4.78, 5) is 23.9. The zero-order valence-electron chi connectivity index (χ0n) is 15.0. The molecule has 0 saturated heterocycles. The third-order valence-electron chi connectivity index (χ3n) is 4.22. The van der Waals surface area contributed by atoms with E-state index in [-0.39, 0.29) is 25.0 Å². The number of hydrogen-bond acceptors (Lipinski definition) is 4. The van der Waals surface area contributed by atoms with Crippen molar-refractivity contribution in [1.29, 1.82) is 0 Å². The summed E-state index contributed by atoms with van der Waals surface area (Å²) in [5.74, 6) is -0.100. The lowest BCUT2D eigenvalue weighted by molar-refractivity contribution is -0.125. The van der Waals surface area contributed by atoms with Crippen molar-refractivity contribution in [3.8, 4) is 5.75 Å². The van der Waals surface area contributed by atoms with Crippen LogP contribution < -0.4 is 15.4 Å². The van der Waals surface area contributed by atoms with E-state index in [1.807, 2.05) is 54.6 Å². The molecule has 0 spiro atoms. The molecule has 28 heavy (non-hydrogen) atoms. The van der Waals surface area contributed by atoms with Gasteiger partial charge in [0, 0.05) is 22.5 Å². The van der Waals surface area contributed by atoms with Gasteiger partial charge in [0.2, 0.25) is 5.91 Å². The fraction of sp³-hybridized carbons (Fsp3) is 0.0909. The third-order valence-corrected chi connectivity index (χ3v) is 4.22. The number of carbonyl (C=O) groups excluding carboxylic acids is 2. The second-order valence-electron chi connectivity index (χ2n) is 6.24. The van der Waals surface area contributed by atoms with Crippen molar-refractivity contribution < 1.29 is 18.7 Å². The van der Waals surface area contributed by atoms with Crippen LogP contribution in [-0.2, 0) is 9.59 Å². The first-order valence-corrected chi connectivity index (χ1v) is 8.85. The van der Waals surface area contributed by atoms with Crippen LogP contribution in [0.1, 0.15) is 0 Å². The number of para-hydroxylation sites is 2. The molecule has 6 nitrogen and oxygen atoms in total.